The van der Waals surface area contributed by atoms with E-state index in [4.69, 9.17) is 15.2 Å². The van der Waals surface area contributed by atoms with Crippen molar-refractivity contribution in [1.82, 2.24) is 5.32 Å². The van der Waals surface area contributed by atoms with Gasteiger partial charge >= 0.3 is 0 Å². The van der Waals surface area contributed by atoms with Crippen LogP contribution >= 0.6 is 0 Å². The van der Waals surface area contributed by atoms with Crippen molar-refractivity contribution in [2.24, 2.45) is 11.1 Å². The van der Waals surface area contributed by atoms with Gasteiger partial charge in [-0.1, -0.05) is 26.0 Å². The first-order valence-corrected chi connectivity index (χ1v) is 8.39. The van der Waals surface area contributed by atoms with E-state index in [0.717, 1.165) is 5.56 Å². The minimum atomic E-state index is -2.53. The van der Waals surface area contributed by atoms with E-state index >= 15 is 0 Å². The molecule has 1 amide bonds. The lowest BCUT2D eigenvalue weighted by atomic mass is 9.54. The smallest absolute Gasteiger partial charge is 0.272 e. The fraction of sp³-hybridized carbons (Fsp3) is 0.611. The first-order valence-electron chi connectivity index (χ1n) is 8.39. The molecule has 2 unspecified atom stereocenters. The van der Waals surface area contributed by atoms with Gasteiger partial charge in [-0.2, -0.15) is 0 Å². The second-order valence-corrected chi connectivity index (χ2v) is 6.87. The molecule has 1 aromatic rings. The average molecular weight is 356 g/mol. The third kappa shape index (κ3) is 4.10. The summed E-state index contributed by atoms with van der Waals surface area (Å²) in [5.41, 5.74) is 5.62. The van der Waals surface area contributed by atoms with Gasteiger partial charge in [-0.05, 0) is 24.6 Å². The molecule has 0 bridgehead atoms. The monoisotopic (exact) mass is 356 g/mol. The maximum Gasteiger partial charge on any atom is 0.272 e. The summed E-state index contributed by atoms with van der Waals surface area (Å²) in [7, 11) is 0. The molecule has 1 aliphatic rings. The van der Waals surface area contributed by atoms with Gasteiger partial charge in [0, 0.05) is 25.0 Å². The maximum absolute atomic E-state index is 12.6. The summed E-state index contributed by atoms with van der Waals surface area (Å²) in [5.74, 6) is 0.0993. The number of ether oxygens (including phenoxy) is 2. The van der Waals surface area contributed by atoms with E-state index in [1.807, 2.05) is 20.8 Å². The predicted molar refractivity (Wildman–Crippen MR) is 90.5 cm³/mol. The maximum atomic E-state index is 12.6. The lowest BCUT2D eigenvalue weighted by Crippen LogP contribution is -2.75. The van der Waals surface area contributed by atoms with Crippen LogP contribution in [0.15, 0.2) is 24.3 Å². The number of hydrogen-bond acceptors (Lipinski definition) is 4. The van der Waals surface area contributed by atoms with Gasteiger partial charge in [0.05, 0.1) is 6.10 Å². The molecule has 0 spiro atoms. The minimum Gasteiger partial charge on any atom is -0.488 e. The molecule has 1 aromatic carbocycles. The van der Waals surface area contributed by atoms with Crippen LogP contribution in [0.3, 0.4) is 0 Å². The molecule has 0 aliphatic heterocycles. The number of rotatable bonds is 8. The Labute approximate surface area is 146 Å². The van der Waals surface area contributed by atoms with Gasteiger partial charge in [0.1, 0.15) is 17.9 Å². The molecule has 25 heavy (non-hydrogen) atoms. The van der Waals surface area contributed by atoms with Crippen LogP contribution in [0.4, 0.5) is 8.78 Å². The number of carbonyl (C=O) groups is 1. The fourth-order valence-electron chi connectivity index (χ4n) is 3.07. The molecule has 1 saturated carbocycles. The topological polar surface area (TPSA) is 73.6 Å². The van der Waals surface area contributed by atoms with E-state index in [0.29, 0.717) is 18.8 Å². The number of nitrogens with one attached hydrogen (secondary N) is 1. The number of carbonyl (C=O) groups excluding carboxylic acids is 1. The Morgan fingerprint density at radius 1 is 1.44 bits per heavy atom. The average Bonchev–Trinajstić information content (AvgIpc) is 2.57. The highest BCUT2D eigenvalue weighted by Gasteiger charge is 2.62. The summed E-state index contributed by atoms with van der Waals surface area (Å²) in [4.78, 5) is 12.6. The van der Waals surface area contributed by atoms with Crippen molar-refractivity contribution in [2.75, 3.05) is 13.2 Å². The van der Waals surface area contributed by atoms with Crippen molar-refractivity contribution in [3.63, 3.8) is 0 Å². The molecule has 5 nitrogen and oxygen atoms in total. The zero-order valence-electron chi connectivity index (χ0n) is 14.9. The second-order valence-electron chi connectivity index (χ2n) is 6.87. The molecule has 0 heterocycles. The number of amides is 1. The molecule has 0 aromatic heterocycles. The molecule has 7 heteroatoms. The van der Waals surface area contributed by atoms with Crippen molar-refractivity contribution in [3.05, 3.63) is 29.8 Å². The molecular weight excluding hydrogens is 330 g/mol. The van der Waals surface area contributed by atoms with Gasteiger partial charge in [-0.3, -0.25) is 4.79 Å². The molecule has 0 radical (unpaired) electrons. The lowest BCUT2D eigenvalue weighted by Gasteiger charge is -2.57. The quantitative estimate of drug-likeness (QED) is 0.750. The van der Waals surface area contributed by atoms with Gasteiger partial charge < -0.3 is 20.5 Å². The van der Waals surface area contributed by atoms with Crippen LogP contribution in [-0.2, 0) is 16.1 Å². The van der Waals surface area contributed by atoms with E-state index < -0.39 is 24.0 Å². The highest BCUT2D eigenvalue weighted by atomic mass is 19.3. The third-order valence-corrected chi connectivity index (χ3v) is 4.96. The van der Waals surface area contributed by atoms with Gasteiger partial charge in [-0.25, -0.2) is 8.78 Å². The van der Waals surface area contributed by atoms with E-state index in [1.165, 1.54) is 0 Å². The Morgan fingerprint density at radius 3 is 2.76 bits per heavy atom. The Balaban J connectivity index is 1.93. The largest absolute Gasteiger partial charge is 0.488 e. The standard InChI is InChI=1S/C18H26F2N2O3/c1-4-24-14-9-18(21,17(14,2)3)16(23)22-10-12-6-5-7-13(8-12)25-11-15(19)20/h5-8,14-15H,4,9-11,21H2,1-3H3,(H,22,23). The highest BCUT2D eigenvalue weighted by molar-refractivity contribution is 5.88. The van der Waals surface area contributed by atoms with Crippen molar-refractivity contribution < 1.29 is 23.0 Å². The van der Waals surface area contributed by atoms with Gasteiger partial charge in [0.2, 0.25) is 5.91 Å². The summed E-state index contributed by atoms with van der Waals surface area (Å²) in [6, 6.07) is 6.70. The summed E-state index contributed by atoms with van der Waals surface area (Å²) < 4.78 is 35.0. The van der Waals surface area contributed by atoms with E-state index in [1.54, 1.807) is 24.3 Å². The summed E-state index contributed by atoms with van der Waals surface area (Å²) in [5, 5.41) is 2.83. The van der Waals surface area contributed by atoms with Crippen molar-refractivity contribution >= 4 is 5.91 Å². The Bertz CT molecular complexity index is 610. The van der Waals surface area contributed by atoms with Crippen LogP contribution in [0, 0.1) is 5.41 Å². The number of hydrogen-bond donors (Lipinski definition) is 2. The zero-order valence-corrected chi connectivity index (χ0v) is 14.9. The fourth-order valence-corrected chi connectivity index (χ4v) is 3.07. The van der Waals surface area contributed by atoms with Crippen LogP contribution in [0.2, 0.25) is 0 Å². The zero-order chi connectivity index (χ0) is 18.7. The first-order chi connectivity index (χ1) is 11.7. The molecule has 2 rings (SSSR count). The van der Waals surface area contributed by atoms with Crippen LogP contribution in [-0.4, -0.2) is 37.2 Å². The first kappa shape index (κ1) is 19.6. The molecular formula is C18H26F2N2O3. The summed E-state index contributed by atoms with van der Waals surface area (Å²) in [6.45, 7) is 5.94. The number of alkyl halides is 2. The van der Waals surface area contributed by atoms with Crippen LogP contribution in [0.5, 0.6) is 5.75 Å². The lowest BCUT2D eigenvalue weighted by molar-refractivity contribution is -0.170. The molecule has 0 saturated heterocycles. The Hall–Kier alpha value is -1.73. The van der Waals surface area contributed by atoms with E-state index in [-0.39, 0.29) is 18.6 Å². The number of halogens is 2. The van der Waals surface area contributed by atoms with Crippen LogP contribution < -0.4 is 15.8 Å². The molecule has 1 fully saturated rings. The molecule has 1 aliphatic carbocycles. The number of nitrogens with two attached hydrogens (primary N) is 1. The van der Waals surface area contributed by atoms with E-state index in [9.17, 15) is 13.6 Å². The Kier molecular flexibility index (Phi) is 6.00. The predicted octanol–water partition coefficient (Wildman–Crippen LogP) is 2.48. The molecule has 2 atom stereocenters. The van der Waals surface area contributed by atoms with Gasteiger partial charge in [0.25, 0.3) is 6.43 Å². The second kappa shape index (κ2) is 7.66. The molecule has 3 N–H and O–H groups in total. The summed E-state index contributed by atoms with van der Waals surface area (Å²) in [6.07, 6.45) is -2.10. The summed E-state index contributed by atoms with van der Waals surface area (Å²) >= 11 is 0. The van der Waals surface area contributed by atoms with Crippen LogP contribution in [0.25, 0.3) is 0 Å². The number of benzene rings is 1. The van der Waals surface area contributed by atoms with Crippen molar-refractivity contribution in [3.8, 4) is 5.75 Å². The van der Waals surface area contributed by atoms with Gasteiger partial charge in [-0.15, -0.1) is 0 Å². The van der Waals surface area contributed by atoms with Crippen molar-refractivity contribution in [1.29, 1.82) is 0 Å². The normalized spacial score (nSPS) is 24.7. The highest BCUT2D eigenvalue weighted by Crippen LogP contribution is 2.49. The van der Waals surface area contributed by atoms with Crippen LogP contribution in [0.1, 0.15) is 32.8 Å². The Morgan fingerprint density at radius 2 is 2.16 bits per heavy atom. The van der Waals surface area contributed by atoms with Crippen molar-refractivity contribution in [2.45, 2.75) is 51.8 Å². The van der Waals surface area contributed by atoms with Gasteiger partial charge in [0.15, 0.2) is 0 Å². The SMILES string of the molecule is CCOC1CC(N)(C(=O)NCc2cccc(OCC(F)F)c2)C1(C)C. The van der Waals surface area contributed by atoms with E-state index in [2.05, 4.69) is 5.32 Å². The third-order valence-electron chi connectivity index (χ3n) is 4.96. The molecule has 140 valence electrons. The minimum absolute atomic E-state index is 0.0423.